The van der Waals surface area contributed by atoms with Gasteiger partial charge in [0.05, 0.1) is 12.5 Å². The average Bonchev–Trinajstić information content (AvgIpc) is 2.54. The first-order valence-electron chi connectivity index (χ1n) is 7.25. The molecule has 0 aromatic carbocycles. The first kappa shape index (κ1) is 15.3. The van der Waals surface area contributed by atoms with Crippen molar-refractivity contribution in [3.05, 3.63) is 23.9 Å². The number of nitrogens with one attached hydrogen (secondary N) is 1. The van der Waals surface area contributed by atoms with Crippen LogP contribution in [0.4, 0.5) is 5.82 Å². The number of hydrogen-bond acceptors (Lipinski definition) is 5. The molecule has 2 rings (SSSR count). The van der Waals surface area contributed by atoms with Gasteiger partial charge >= 0.3 is 5.97 Å². The normalized spacial score (nSPS) is 18.2. The van der Waals surface area contributed by atoms with Gasteiger partial charge in [-0.1, -0.05) is 0 Å². The molecule has 0 bridgehead atoms. The lowest BCUT2D eigenvalue weighted by molar-refractivity contribution is -0.149. The molecule has 1 aliphatic heterocycles. The van der Waals surface area contributed by atoms with Crippen molar-refractivity contribution in [3.8, 4) is 0 Å². The van der Waals surface area contributed by atoms with Crippen molar-refractivity contribution in [1.82, 2.24) is 9.88 Å². The number of amides is 1. The first-order chi connectivity index (χ1) is 10.2. The number of pyridine rings is 1. The Morgan fingerprint density at radius 1 is 1.52 bits per heavy atom. The summed E-state index contributed by atoms with van der Waals surface area (Å²) in [6, 6.07) is 3.41. The molecule has 0 aliphatic carbocycles. The third-order valence-electron chi connectivity index (χ3n) is 3.59. The fraction of sp³-hybridized carbons (Fsp3) is 0.533. The van der Waals surface area contributed by atoms with E-state index in [1.807, 2.05) is 0 Å². The van der Waals surface area contributed by atoms with Crippen LogP contribution < -0.4 is 5.32 Å². The van der Waals surface area contributed by atoms with Crippen LogP contribution in [0.25, 0.3) is 0 Å². The molecular weight excluding hydrogens is 270 g/mol. The number of aromatic nitrogens is 1. The molecule has 6 heteroatoms. The molecule has 0 radical (unpaired) electrons. The van der Waals surface area contributed by atoms with Crippen LogP contribution in [-0.4, -0.2) is 48.5 Å². The minimum absolute atomic E-state index is 0.0668. The van der Waals surface area contributed by atoms with E-state index in [0.717, 1.165) is 12.8 Å². The SMILES string of the molecule is CCOC(=O)C1CCCN(C(=O)c2ccnc(NC)c2)C1. The smallest absolute Gasteiger partial charge is 0.310 e. The van der Waals surface area contributed by atoms with Crippen LogP contribution in [-0.2, 0) is 9.53 Å². The van der Waals surface area contributed by atoms with Crippen LogP contribution in [0.15, 0.2) is 18.3 Å². The first-order valence-corrected chi connectivity index (χ1v) is 7.25. The Kier molecular flexibility index (Phi) is 5.14. The van der Waals surface area contributed by atoms with E-state index >= 15 is 0 Å². The predicted molar refractivity (Wildman–Crippen MR) is 79.0 cm³/mol. The number of esters is 1. The van der Waals surface area contributed by atoms with Gasteiger partial charge in [0.1, 0.15) is 5.82 Å². The number of carbonyl (C=O) groups is 2. The number of ether oxygens (including phenoxy) is 1. The van der Waals surface area contributed by atoms with Crippen molar-refractivity contribution < 1.29 is 14.3 Å². The van der Waals surface area contributed by atoms with Crippen LogP contribution >= 0.6 is 0 Å². The summed E-state index contributed by atoms with van der Waals surface area (Å²) in [5, 5.41) is 2.91. The van der Waals surface area contributed by atoms with Crippen molar-refractivity contribution in [2.75, 3.05) is 32.1 Å². The molecule has 0 saturated carbocycles. The fourth-order valence-corrected chi connectivity index (χ4v) is 2.50. The van der Waals surface area contributed by atoms with Crippen molar-refractivity contribution in [3.63, 3.8) is 0 Å². The zero-order chi connectivity index (χ0) is 15.2. The van der Waals surface area contributed by atoms with E-state index < -0.39 is 0 Å². The van der Waals surface area contributed by atoms with Gasteiger partial charge in [0, 0.05) is 31.9 Å². The van der Waals surface area contributed by atoms with Gasteiger partial charge in [0.25, 0.3) is 5.91 Å². The predicted octanol–water partition coefficient (Wildman–Crippen LogP) is 1.54. The third-order valence-corrected chi connectivity index (χ3v) is 3.59. The van der Waals surface area contributed by atoms with E-state index in [1.54, 1.807) is 37.2 Å². The summed E-state index contributed by atoms with van der Waals surface area (Å²) in [7, 11) is 1.76. The summed E-state index contributed by atoms with van der Waals surface area (Å²) < 4.78 is 5.05. The van der Waals surface area contributed by atoms with E-state index in [2.05, 4.69) is 10.3 Å². The highest BCUT2D eigenvalue weighted by Gasteiger charge is 2.29. The van der Waals surface area contributed by atoms with Gasteiger partial charge in [0.2, 0.25) is 0 Å². The standard InChI is InChI=1S/C15H21N3O3/c1-3-21-15(20)12-5-4-8-18(10-12)14(19)11-6-7-17-13(9-11)16-2/h6-7,9,12H,3-5,8,10H2,1-2H3,(H,16,17). The molecule has 6 nitrogen and oxygen atoms in total. The van der Waals surface area contributed by atoms with Gasteiger partial charge in [-0.15, -0.1) is 0 Å². The molecule has 1 aliphatic rings. The van der Waals surface area contributed by atoms with Crippen molar-refractivity contribution >= 4 is 17.7 Å². The van der Waals surface area contributed by atoms with E-state index in [1.165, 1.54) is 0 Å². The van der Waals surface area contributed by atoms with Gasteiger partial charge in [-0.2, -0.15) is 0 Å². The van der Waals surface area contributed by atoms with Crippen molar-refractivity contribution in [2.24, 2.45) is 5.92 Å². The largest absolute Gasteiger partial charge is 0.466 e. The number of likely N-dealkylation sites (tertiary alicyclic amines) is 1. The van der Waals surface area contributed by atoms with Crippen LogP contribution in [0.5, 0.6) is 0 Å². The summed E-state index contributed by atoms with van der Waals surface area (Å²) in [6.45, 7) is 3.26. The minimum atomic E-state index is -0.215. The highest BCUT2D eigenvalue weighted by atomic mass is 16.5. The van der Waals surface area contributed by atoms with Crippen LogP contribution in [0.1, 0.15) is 30.1 Å². The molecule has 114 valence electrons. The van der Waals surface area contributed by atoms with Gasteiger partial charge in [-0.3, -0.25) is 9.59 Å². The highest BCUT2D eigenvalue weighted by Crippen LogP contribution is 2.20. The maximum absolute atomic E-state index is 12.5. The summed E-state index contributed by atoms with van der Waals surface area (Å²) >= 11 is 0. The molecule has 1 aromatic heterocycles. The lowest BCUT2D eigenvalue weighted by atomic mass is 9.97. The second-order valence-electron chi connectivity index (χ2n) is 5.02. The lowest BCUT2D eigenvalue weighted by Crippen LogP contribution is -2.42. The highest BCUT2D eigenvalue weighted by molar-refractivity contribution is 5.95. The number of carbonyl (C=O) groups excluding carboxylic acids is 2. The average molecular weight is 291 g/mol. The van der Waals surface area contributed by atoms with E-state index in [4.69, 9.17) is 4.74 Å². The Labute approximate surface area is 124 Å². The number of hydrogen-bond donors (Lipinski definition) is 1. The minimum Gasteiger partial charge on any atom is -0.466 e. The zero-order valence-corrected chi connectivity index (χ0v) is 12.5. The molecule has 1 aromatic rings. The van der Waals surface area contributed by atoms with Crippen LogP contribution in [0.2, 0.25) is 0 Å². The molecule has 1 fully saturated rings. The molecule has 1 amide bonds. The Balaban J connectivity index is 2.06. The second-order valence-corrected chi connectivity index (χ2v) is 5.02. The summed E-state index contributed by atoms with van der Waals surface area (Å²) in [6.07, 6.45) is 3.20. The molecule has 1 unspecified atom stereocenters. The maximum atomic E-state index is 12.5. The van der Waals surface area contributed by atoms with E-state index in [-0.39, 0.29) is 17.8 Å². The molecule has 1 saturated heterocycles. The fourth-order valence-electron chi connectivity index (χ4n) is 2.50. The Morgan fingerprint density at radius 2 is 2.33 bits per heavy atom. The zero-order valence-electron chi connectivity index (χ0n) is 12.5. The van der Waals surface area contributed by atoms with Crippen LogP contribution in [0.3, 0.4) is 0 Å². The summed E-state index contributed by atoms with van der Waals surface area (Å²) in [4.78, 5) is 30.2. The quantitative estimate of drug-likeness (QED) is 0.852. The van der Waals surface area contributed by atoms with Crippen LogP contribution in [0, 0.1) is 5.92 Å². The molecular formula is C15H21N3O3. The Morgan fingerprint density at radius 3 is 3.05 bits per heavy atom. The monoisotopic (exact) mass is 291 g/mol. The van der Waals surface area contributed by atoms with E-state index in [9.17, 15) is 9.59 Å². The van der Waals surface area contributed by atoms with Crippen molar-refractivity contribution in [2.45, 2.75) is 19.8 Å². The second kappa shape index (κ2) is 7.06. The van der Waals surface area contributed by atoms with Crippen molar-refractivity contribution in [1.29, 1.82) is 0 Å². The number of nitrogens with zero attached hydrogens (tertiary/aromatic N) is 2. The van der Waals surface area contributed by atoms with Gasteiger partial charge in [-0.05, 0) is 31.9 Å². The van der Waals surface area contributed by atoms with Gasteiger partial charge < -0.3 is 15.0 Å². The molecule has 21 heavy (non-hydrogen) atoms. The van der Waals surface area contributed by atoms with Gasteiger partial charge in [0.15, 0.2) is 0 Å². The maximum Gasteiger partial charge on any atom is 0.310 e. The molecule has 0 spiro atoms. The summed E-state index contributed by atoms with van der Waals surface area (Å²) in [5.41, 5.74) is 0.582. The van der Waals surface area contributed by atoms with Gasteiger partial charge in [-0.25, -0.2) is 4.98 Å². The van der Waals surface area contributed by atoms with E-state index in [0.29, 0.717) is 31.1 Å². The lowest BCUT2D eigenvalue weighted by Gasteiger charge is -2.31. The molecule has 1 N–H and O–H groups in total. The number of anilines is 1. The molecule has 1 atom stereocenters. The Hall–Kier alpha value is -2.11. The topological polar surface area (TPSA) is 71.5 Å². The number of piperidine rings is 1. The Bertz CT molecular complexity index is 519. The molecule has 2 heterocycles. The summed E-state index contributed by atoms with van der Waals surface area (Å²) in [5.74, 6) is 0.164. The number of rotatable bonds is 4. The third kappa shape index (κ3) is 3.71.